The summed E-state index contributed by atoms with van der Waals surface area (Å²) in [6.45, 7) is 5.62. The van der Waals surface area contributed by atoms with Gasteiger partial charge in [-0.25, -0.2) is 9.78 Å². The predicted molar refractivity (Wildman–Crippen MR) is 110 cm³/mol. The van der Waals surface area contributed by atoms with Crippen LogP contribution in [0.4, 0.5) is 4.79 Å². The second-order valence-electron chi connectivity index (χ2n) is 8.83. The lowest BCUT2D eigenvalue weighted by Crippen LogP contribution is -2.41. The Kier molecular flexibility index (Phi) is 5.02. The number of hydrogen-bond donors (Lipinski definition) is 1. The molecule has 8 nitrogen and oxygen atoms in total. The van der Waals surface area contributed by atoms with Gasteiger partial charge in [0.15, 0.2) is 5.65 Å². The molecule has 0 saturated heterocycles. The fourth-order valence-corrected chi connectivity index (χ4v) is 3.94. The standard InChI is InChI=1S/C21H28N6O2/c1-21(2,3)29-20(28)23-16-7-5-6-15(10-16)19-25-24-18-11-14(8-9-27(18)19)17-12-26(4)13-22-17/h8-9,11-13,15-16H,5-7,10H2,1-4H3,(H,23,28)/t15-,16+/m0/s1. The van der Waals surface area contributed by atoms with Crippen LogP contribution < -0.4 is 5.32 Å². The second-order valence-corrected chi connectivity index (χ2v) is 8.83. The number of rotatable bonds is 3. The molecule has 1 N–H and O–H groups in total. The molecule has 1 aliphatic carbocycles. The number of ether oxygens (including phenoxy) is 1. The van der Waals surface area contributed by atoms with Crippen molar-refractivity contribution in [3.63, 3.8) is 0 Å². The minimum absolute atomic E-state index is 0.0868. The maximum Gasteiger partial charge on any atom is 0.407 e. The Morgan fingerprint density at radius 1 is 1.28 bits per heavy atom. The van der Waals surface area contributed by atoms with Crippen molar-refractivity contribution in [2.24, 2.45) is 7.05 Å². The number of nitrogens with zero attached hydrogens (tertiary/aromatic N) is 5. The number of hydrogen-bond acceptors (Lipinski definition) is 5. The van der Waals surface area contributed by atoms with Crippen LogP contribution in [0.2, 0.25) is 0 Å². The van der Waals surface area contributed by atoms with Gasteiger partial charge in [-0.1, -0.05) is 6.42 Å². The van der Waals surface area contributed by atoms with Crippen LogP contribution in [0.3, 0.4) is 0 Å². The summed E-state index contributed by atoms with van der Waals surface area (Å²) in [7, 11) is 1.95. The van der Waals surface area contributed by atoms with Crippen LogP contribution in [-0.4, -0.2) is 41.9 Å². The van der Waals surface area contributed by atoms with Gasteiger partial charge in [0.2, 0.25) is 0 Å². The number of imidazole rings is 1. The molecule has 1 saturated carbocycles. The lowest BCUT2D eigenvalue weighted by atomic mass is 9.85. The summed E-state index contributed by atoms with van der Waals surface area (Å²) < 4.78 is 9.38. The highest BCUT2D eigenvalue weighted by Gasteiger charge is 2.29. The second kappa shape index (κ2) is 7.50. The summed E-state index contributed by atoms with van der Waals surface area (Å²) in [5.41, 5.74) is 2.25. The van der Waals surface area contributed by atoms with Crippen LogP contribution in [-0.2, 0) is 11.8 Å². The SMILES string of the molecule is Cn1cnc(-c2ccn3c([C@H]4CCC[C@@H](NC(=O)OC(C)(C)C)C4)nnc3c2)c1. The van der Waals surface area contributed by atoms with E-state index in [1.54, 1.807) is 6.33 Å². The van der Waals surface area contributed by atoms with Gasteiger partial charge >= 0.3 is 6.09 Å². The minimum atomic E-state index is -0.493. The molecular formula is C21H28N6O2. The fourth-order valence-electron chi connectivity index (χ4n) is 3.94. The third-order valence-corrected chi connectivity index (χ3v) is 5.20. The zero-order valence-corrected chi connectivity index (χ0v) is 17.4. The van der Waals surface area contributed by atoms with Gasteiger partial charge < -0.3 is 14.6 Å². The van der Waals surface area contributed by atoms with Crippen molar-refractivity contribution in [2.45, 2.75) is 64.0 Å². The Bertz CT molecular complexity index is 1020. The Morgan fingerprint density at radius 2 is 2.10 bits per heavy atom. The third kappa shape index (κ3) is 4.41. The Hall–Kier alpha value is -2.90. The molecule has 3 heterocycles. The van der Waals surface area contributed by atoms with E-state index in [1.165, 1.54) is 0 Å². The van der Waals surface area contributed by atoms with Gasteiger partial charge in [-0.05, 0) is 52.2 Å². The lowest BCUT2D eigenvalue weighted by Gasteiger charge is -2.30. The van der Waals surface area contributed by atoms with E-state index in [0.717, 1.165) is 48.4 Å². The van der Waals surface area contributed by atoms with Crippen molar-refractivity contribution >= 4 is 11.7 Å². The zero-order valence-electron chi connectivity index (χ0n) is 17.4. The number of pyridine rings is 1. The molecule has 8 heteroatoms. The molecular weight excluding hydrogens is 368 g/mol. The van der Waals surface area contributed by atoms with Gasteiger partial charge in [0.05, 0.1) is 12.0 Å². The van der Waals surface area contributed by atoms with Crippen molar-refractivity contribution in [1.29, 1.82) is 0 Å². The monoisotopic (exact) mass is 396 g/mol. The summed E-state index contributed by atoms with van der Waals surface area (Å²) in [6, 6.07) is 4.14. The van der Waals surface area contributed by atoms with E-state index in [1.807, 2.05) is 61.3 Å². The molecule has 0 aromatic carbocycles. The van der Waals surface area contributed by atoms with Crippen molar-refractivity contribution < 1.29 is 9.53 Å². The molecule has 2 atom stereocenters. The van der Waals surface area contributed by atoms with Crippen LogP contribution in [0.25, 0.3) is 16.9 Å². The van der Waals surface area contributed by atoms with Gasteiger partial charge in [0.1, 0.15) is 11.4 Å². The predicted octanol–water partition coefficient (Wildman–Crippen LogP) is 3.68. The maximum absolute atomic E-state index is 12.1. The van der Waals surface area contributed by atoms with Gasteiger partial charge in [0, 0.05) is 37.0 Å². The van der Waals surface area contributed by atoms with Crippen LogP contribution >= 0.6 is 0 Å². The number of fused-ring (bicyclic) bond motifs is 1. The lowest BCUT2D eigenvalue weighted by molar-refractivity contribution is 0.0490. The molecule has 0 aliphatic heterocycles. The number of aryl methyl sites for hydroxylation is 1. The van der Waals surface area contributed by atoms with E-state index in [2.05, 4.69) is 20.5 Å². The molecule has 0 bridgehead atoms. The highest BCUT2D eigenvalue weighted by atomic mass is 16.6. The van der Waals surface area contributed by atoms with Crippen LogP contribution in [0.5, 0.6) is 0 Å². The summed E-state index contributed by atoms with van der Waals surface area (Å²) in [5, 5.41) is 11.9. The third-order valence-electron chi connectivity index (χ3n) is 5.20. The number of aromatic nitrogens is 5. The Labute approximate surface area is 170 Å². The summed E-state index contributed by atoms with van der Waals surface area (Å²) >= 11 is 0. The molecule has 1 aliphatic rings. The molecule has 0 spiro atoms. The number of nitrogens with one attached hydrogen (secondary N) is 1. The molecule has 0 unspecified atom stereocenters. The minimum Gasteiger partial charge on any atom is -0.444 e. The number of carbonyl (C=O) groups is 1. The Morgan fingerprint density at radius 3 is 2.83 bits per heavy atom. The quantitative estimate of drug-likeness (QED) is 0.730. The van der Waals surface area contributed by atoms with E-state index >= 15 is 0 Å². The molecule has 1 fully saturated rings. The number of carbonyl (C=O) groups excluding carboxylic acids is 1. The van der Waals surface area contributed by atoms with Crippen LogP contribution in [0, 0.1) is 0 Å². The highest BCUT2D eigenvalue weighted by molar-refractivity contribution is 5.68. The van der Waals surface area contributed by atoms with E-state index in [0.29, 0.717) is 0 Å². The first-order chi connectivity index (χ1) is 13.8. The van der Waals surface area contributed by atoms with Gasteiger partial charge in [0.25, 0.3) is 0 Å². The van der Waals surface area contributed by atoms with Crippen molar-refractivity contribution in [3.05, 3.63) is 36.7 Å². The average molecular weight is 396 g/mol. The Balaban J connectivity index is 1.49. The normalized spacial score (nSPS) is 20.0. The summed E-state index contributed by atoms with van der Waals surface area (Å²) in [5.74, 6) is 1.20. The number of amides is 1. The molecule has 1 amide bonds. The topological polar surface area (TPSA) is 86.3 Å². The van der Waals surface area contributed by atoms with Gasteiger partial charge in [-0.3, -0.25) is 4.40 Å². The van der Waals surface area contributed by atoms with Crippen molar-refractivity contribution in [3.8, 4) is 11.3 Å². The molecule has 154 valence electrons. The number of alkyl carbamates (subject to hydrolysis) is 1. The maximum atomic E-state index is 12.1. The average Bonchev–Trinajstić information content (AvgIpc) is 3.26. The largest absolute Gasteiger partial charge is 0.444 e. The molecule has 0 radical (unpaired) electrons. The molecule has 3 aromatic rings. The van der Waals surface area contributed by atoms with Gasteiger partial charge in [-0.2, -0.15) is 0 Å². The van der Waals surface area contributed by atoms with Crippen molar-refractivity contribution in [2.75, 3.05) is 0 Å². The molecule has 4 rings (SSSR count). The summed E-state index contributed by atoms with van der Waals surface area (Å²) in [4.78, 5) is 16.5. The van der Waals surface area contributed by atoms with E-state index in [-0.39, 0.29) is 18.1 Å². The highest BCUT2D eigenvalue weighted by Crippen LogP contribution is 2.33. The van der Waals surface area contributed by atoms with Gasteiger partial charge in [-0.15, -0.1) is 10.2 Å². The van der Waals surface area contributed by atoms with E-state index < -0.39 is 5.60 Å². The van der Waals surface area contributed by atoms with E-state index in [9.17, 15) is 4.79 Å². The first-order valence-electron chi connectivity index (χ1n) is 10.1. The molecule has 29 heavy (non-hydrogen) atoms. The molecule has 3 aromatic heterocycles. The van der Waals surface area contributed by atoms with Crippen LogP contribution in [0.15, 0.2) is 30.9 Å². The van der Waals surface area contributed by atoms with Crippen LogP contribution in [0.1, 0.15) is 58.2 Å². The van der Waals surface area contributed by atoms with Crippen molar-refractivity contribution in [1.82, 2.24) is 29.5 Å². The first kappa shape index (κ1) is 19.4. The zero-order chi connectivity index (χ0) is 20.6. The fraction of sp³-hybridized carbons (Fsp3) is 0.524. The first-order valence-corrected chi connectivity index (χ1v) is 10.1. The summed E-state index contributed by atoms with van der Waals surface area (Å²) in [6.07, 6.45) is 9.29. The van der Waals surface area contributed by atoms with E-state index in [4.69, 9.17) is 4.74 Å². The smallest absolute Gasteiger partial charge is 0.407 e.